The van der Waals surface area contributed by atoms with E-state index in [9.17, 15) is 4.79 Å². The van der Waals surface area contributed by atoms with Crippen LogP contribution >= 0.6 is 0 Å². The molecule has 1 saturated carbocycles. The van der Waals surface area contributed by atoms with Gasteiger partial charge in [-0.15, -0.1) is 0 Å². The van der Waals surface area contributed by atoms with Gasteiger partial charge in [0.25, 0.3) is 0 Å². The summed E-state index contributed by atoms with van der Waals surface area (Å²) in [5, 5.41) is 0. The van der Waals surface area contributed by atoms with Crippen LogP contribution in [-0.4, -0.2) is 23.8 Å². The van der Waals surface area contributed by atoms with Gasteiger partial charge in [-0.1, -0.05) is 27.4 Å². The number of ether oxygens (including phenoxy) is 2. The molecular weight excluding hydrogens is 284 g/mol. The molecule has 3 rings (SSSR count). The fraction of sp³-hybridized carbons (Fsp3) is 0.706. The molecule has 2 heterocycles. The minimum absolute atomic E-state index is 0.160. The SMILES string of the molecule is C=C1OO[C@H]2C[C@H](C)[C@H]3C=CO[C@]3(C)[C@H](OC(=O)C(C)C)[C@@H]12. The molecule has 0 spiro atoms. The van der Waals surface area contributed by atoms with Gasteiger partial charge in [0.05, 0.1) is 18.1 Å². The molecule has 0 amide bonds. The van der Waals surface area contributed by atoms with Gasteiger partial charge < -0.3 is 14.4 Å². The third-order valence-corrected chi connectivity index (χ3v) is 5.14. The molecule has 3 aliphatic rings. The Morgan fingerprint density at radius 2 is 2.23 bits per heavy atom. The summed E-state index contributed by atoms with van der Waals surface area (Å²) in [6.07, 6.45) is 3.95. The van der Waals surface area contributed by atoms with E-state index in [1.807, 2.05) is 20.8 Å². The van der Waals surface area contributed by atoms with Crippen molar-refractivity contribution >= 4 is 5.97 Å². The third-order valence-electron chi connectivity index (χ3n) is 5.14. The van der Waals surface area contributed by atoms with Gasteiger partial charge in [0.2, 0.25) is 0 Å². The molecule has 1 saturated heterocycles. The second-order valence-electron chi connectivity index (χ2n) is 7.09. The summed E-state index contributed by atoms with van der Waals surface area (Å²) >= 11 is 0. The Balaban J connectivity index is 1.99. The molecule has 0 aromatic heterocycles. The molecule has 0 aromatic rings. The molecule has 0 unspecified atom stereocenters. The monoisotopic (exact) mass is 308 g/mol. The van der Waals surface area contributed by atoms with Crippen LogP contribution in [0.15, 0.2) is 24.7 Å². The van der Waals surface area contributed by atoms with Crippen LogP contribution in [0.2, 0.25) is 0 Å². The third kappa shape index (κ3) is 2.22. The van der Waals surface area contributed by atoms with Gasteiger partial charge in [-0.25, -0.2) is 0 Å². The molecule has 0 N–H and O–H groups in total. The number of esters is 1. The Morgan fingerprint density at radius 1 is 1.50 bits per heavy atom. The van der Waals surface area contributed by atoms with Crippen molar-refractivity contribution in [1.82, 2.24) is 0 Å². The van der Waals surface area contributed by atoms with E-state index in [0.29, 0.717) is 11.7 Å². The average molecular weight is 308 g/mol. The van der Waals surface area contributed by atoms with E-state index >= 15 is 0 Å². The molecule has 122 valence electrons. The van der Waals surface area contributed by atoms with Gasteiger partial charge in [-0.05, 0) is 25.3 Å². The lowest BCUT2D eigenvalue weighted by molar-refractivity contribution is -0.257. The van der Waals surface area contributed by atoms with Gasteiger partial charge in [-0.3, -0.25) is 4.79 Å². The maximum absolute atomic E-state index is 12.2. The molecule has 2 fully saturated rings. The lowest BCUT2D eigenvalue weighted by Gasteiger charge is -2.39. The molecule has 5 heteroatoms. The minimum Gasteiger partial charge on any atom is -0.491 e. The lowest BCUT2D eigenvalue weighted by Crippen LogP contribution is -2.52. The smallest absolute Gasteiger partial charge is 0.308 e. The van der Waals surface area contributed by atoms with E-state index in [1.165, 1.54) is 0 Å². The fourth-order valence-corrected chi connectivity index (χ4v) is 3.87. The van der Waals surface area contributed by atoms with Crippen molar-refractivity contribution in [3.63, 3.8) is 0 Å². The highest BCUT2D eigenvalue weighted by molar-refractivity contribution is 5.72. The summed E-state index contributed by atoms with van der Waals surface area (Å²) in [6, 6.07) is 0. The zero-order valence-corrected chi connectivity index (χ0v) is 13.6. The van der Waals surface area contributed by atoms with Crippen LogP contribution in [0, 0.1) is 23.7 Å². The number of carbonyl (C=O) groups excluding carboxylic acids is 1. The molecule has 0 bridgehead atoms. The summed E-state index contributed by atoms with van der Waals surface area (Å²) in [5.74, 6) is 0.352. The first-order valence-electron chi connectivity index (χ1n) is 7.91. The van der Waals surface area contributed by atoms with Crippen LogP contribution in [0.5, 0.6) is 0 Å². The number of rotatable bonds is 2. The molecule has 22 heavy (non-hydrogen) atoms. The molecule has 0 aromatic carbocycles. The lowest BCUT2D eigenvalue weighted by atomic mass is 9.77. The molecule has 6 atom stereocenters. The van der Waals surface area contributed by atoms with Crippen LogP contribution < -0.4 is 0 Å². The van der Waals surface area contributed by atoms with E-state index in [-0.39, 0.29) is 29.8 Å². The van der Waals surface area contributed by atoms with Gasteiger partial charge in [-0.2, -0.15) is 4.89 Å². The van der Waals surface area contributed by atoms with E-state index in [0.717, 1.165) is 6.42 Å². The largest absolute Gasteiger partial charge is 0.491 e. The van der Waals surface area contributed by atoms with E-state index in [1.54, 1.807) is 6.26 Å². The van der Waals surface area contributed by atoms with Crippen molar-refractivity contribution in [3.8, 4) is 0 Å². The first-order valence-corrected chi connectivity index (χ1v) is 7.91. The first kappa shape index (κ1) is 15.4. The van der Waals surface area contributed by atoms with Crippen molar-refractivity contribution in [2.24, 2.45) is 23.7 Å². The Kier molecular flexibility index (Phi) is 3.71. The zero-order valence-electron chi connectivity index (χ0n) is 13.6. The van der Waals surface area contributed by atoms with Crippen LogP contribution in [0.25, 0.3) is 0 Å². The second kappa shape index (κ2) is 5.30. The van der Waals surface area contributed by atoms with Gasteiger partial charge >= 0.3 is 5.97 Å². The zero-order chi connectivity index (χ0) is 16.1. The highest BCUT2D eigenvalue weighted by atomic mass is 17.2. The maximum Gasteiger partial charge on any atom is 0.308 e. The summed E-state index contributed by atoms with van der Waals surface area (Å²) in [5.41, 5.74) is -0.622. The minimum atomic E-state index is -0.622. The molecule has 0 radical (unpaired) electrons. The summed E-state index contributed by atoms with van der Waals surface area (Å²) < 4.78 is 11.8. The Hall–Kier alpha value is -1.49. The van der Waals surface area contributed by atoms with Gasteiger partial charge in [0.1, 0.15) is 17.5 Å². The topological polar surface area (TPSA) is 54.0 Å². The number of hydrogen-bond acceptors (Lipinski definition) is 5. The average Bonchev–Trinajstić information content (AvgIpc) is 2.98. The highest BCUT2D eigenvalue weighted by Crippen LogP contribution is 2.50. The number of fused-ring (bicyclic) bond motifs is 2. The van der Waals surface area contributed by atoms with Crippen LogP contribution in [0.4, 0.5) is 0 Å². The fourth-order valence-electron chi connectivity index (χ4n) is 3.87. The predicted molar refractivity (Wildman–Crippen MR) is 79.2 cm³/mol. The van der Waals surface area contributed by atoms with Crippen molar-refractivity contribution in [2.45, 2.75) is 51.9 Å². The van der Waals surface area contributed by atoms with E-state index in [2.05, 4.69) is 19.6 Å². The van der Waals surface area contributed by atoms with E-state index in [4.69, 9.17) is 19.2 Å². The van der Waals surface area contributed by atoms with Crippen molar-refractivity contribution in [2.75, 3.05) is 0 Å². The Labute approximate surface area is 131 Å². The van der Waals surface area contributed by atoms with Gasteiger partial charge in [0, 0.05) is 5.92 Å². The second-order valence-corrected chi connectivity index (χ2v) is 7.09. The molecular formula is C17H24O5. The van der Waals surface area contributed by atoms with Crippen LogP contribution in [0.1, 0.15) is 34.1 Å². The summed E-state index contributed by atoms with van der Waals surface area (Å²) in [4.78, 5) is 22.9. The maximum atomic E-state index is 12.2. The molecule has 1 aliphatic carbocycles. The first-order chi connectivity index (χ1) is 10.3. The Morgan fingerprint density at radius 3 is 2.91 bits per heavy atom. The normalized spacial score (nSPS) is 43.1. The highest BCUT2D eigenvalue weighted by Gasteiger charge is 2.60. The number of hydrogen-bond donors (Lipinski definition) is 0. The van der Waals surface area contributed by atoms with Crippen molar-refractivity contribution in [3.05, 3.63) is 24.7 Å². The summed E-state index contributed by atoms with van der Waals surface area (Å²) in [7, 11) is 0. The molecule has 2 aliphatic heterocycles. The Bertz CT molecular complexity index is 511. The van der Waals surface area contributed by atoms with Gasteiger partial charge in [0.15, 0.2) is 6.10 Å². The quantitative estimate of drug-likeness (QED) is 0.580. The van der Waals surface area contributed by atoms with Crippen molar-refractivity contribution < 1.29 is 24.0 Å². The van der Waals surface area contributed by atoms with Crippen molar-refractivity contribution in [1.29, 1.82) is 0 Å². The van der Waals surface area contributed by atoms with Crippen LogP contribution in [0.3, 0.4) is 0 Å². The molecule has 5 nitrogen and oxygen atoms in total. The predicted octanol–water partition coefficient (Wildman–Crippen LogP) is 2.97. The van der Waals surface area contributed by atoms with Crippen LogP contribution in [-0.2, 0) is 24.0 Å². The number of carbonyl (C=O) groups is 1. The summed E-state index contributed by atoms with van der Waals surface area (Å²) in [6.45, 7) is 11.7. The van der Waals surface area contributed by atoms with E-state index < -0.39 is 11.7 Å². The standard InChI is InChI=1S/C17H24O5/c1-9(2)16(18)20-15-14-11(4)21-22-13(14)8-10(3)12-6-7-19-17(12,15)5/h6-7,9-10,12-15H,4,8H2,1-3,5H3/t10-,12+,13-,14-,15+,17-/m0/s1.